The largest absolute Gasteiger partial charge is 0.381 e. The summed E-state index contributed by atoms with van der Waals surface area (Å²) in [6.07, 6.45) is 1.72. The quantitative estimate of drug-likeness (QED) is 0.752. The lowest BCUT2D eigenvalue weighted by Gasteiger charge is -2.38. The molecule has 154 valence electrons. The topological polar surface area (TPSA) is 65.0 Å². The number of aryl methyl sites for hydroxylation is 1. The summed E-state index contributed by atoms with van der Waals surface area (Å²) >= 11 is 0. The molecule has 3 aliphatic heterocycles. The van der Waals surface area contributed by atoms with Crippen LogP contribution in [-0.2, 0) is 9.53 Å². The number of rotatable bonds is 3. The zero-order valence-electron chi connectivity index (χ0n) is 17.1. The second-order valence-corrected chi connectivity index (χ2v) is 8.12. The Morgan fingerprint density at radius 2 is 1.46 bits per heavy atom. The molecule has 0 aliphatic carbocycles. The molecule has 0 aromatic carbocycles. The summed E-state index contributed by atoms with van der Waals surface area (Å²) in [4.78, 5) is 31.1. The van der Waals surface area contributed by atoms with Crippen LogP contribution in [-0.4, -0.2) is 98.3 Å². The van der Waals surface area contributed by atoms with Crippen LogP contribution >= 0.6 is 0 Å². The van der Waals surface area contributed by atoms with Crippen LogP contribution in [0.1, 0.15) is 18.7 Å². The van der Waals surface area contributed by atoms with Crippen molar-refractivity contribution in [2.75, 3.05) is 82.4 Å². The Balaban J connectivity index is 1.38. The lowest BCUT2D eigenvalue weighted by atomic mass is 9.98. The third kappa shape index (κ3) is 4.38. The fourth-order valence-electron chi connectivity index (χ4n) is 4.25. The fourth-order valence-corrected chi connectivity index (χ4v) is 4.25. The maximum absolute atomic E-state index is 12.8. The van der Waals surface area contributed by atoms with Crippen molar-refractivity contribution in [3.05, 3.63) is 11.9 Å². The Hall–Kier alpha value is -1.93. The van der Waals surface area contributed by atoms with Gasteiger partial charge in [0.15, 0.2) is 0 Å². The average molecular weight is 389 g/mol. The van der Waals surface area contributed by atoms with Gasteiger partial charge in [-0.25, -0.2) is 9.97 Å². The number of carbonyl (C=O) groups excluding carboxylic acids is 1. The highest BCUT2D eigenvalue weighted by atomic mass is 16.5. The predicted octanol–water partition coefficient (Wildman–Crippen LogP) is 0.612. The van der Waals surface area contributed by atoms with Gasteiger partial charge in [0.2, 0.25) is 5.91 Å². The van der Waals surface area contributed by atoms with Crippen molar-refractivity contribution >= 4 is 17.5 Å². The number of hydrogen-bond donors (Lipinski definition) is 0. The number of carbonyl (C=O) groups is 1. The minimum absolute atomic E-state index is 0.144. The minimum Gasteiger partial charge on any atom is -0.381 e. The number of likely N-dealkylation sites (N-methyl/N-ethyl adjacent to an activating group) is 1. The first-order chi connectivity index (χ1) is 13.6. The molecule has 0 atom stereocenters. The van der Waals surface area contributed by atoms with Gasteiger partial charge in [0.1, 0.15) is 17.5 Å². The number of piperazine rings is 2. The van der Waals surface area contributed by atoms with Crippen LogP contribution in [0.15, 0.2) is 6.07 Å². The average Bonchev–Trinajstić information content (AvgIpc) is 2.74. The SMILES string of the molecule is Cc1nc(N2CCN(C)CC2)cc(N2CCN(C(=O)C3CCOCC3)CC2)n1. The van der Waals surface area contributed by atoms with Crippen molar-refractivity contribution in [3.8, 4) is 0 Å². The lowest BCUT2D eigenvalue weighted by Crippen LogP contribution is -2.51. The van der Waals surface area contributed by atoms with E-state index in [0.717, 1.165) is 82.7 Å². The summed E-state index contributed by atoms with van der Waals surface area (Å²) in [5.74, 6) is 3.27. The van der Waals surface area contributed by atoms with E-state index in [-0.39, 0.29) is 5.92 Å². The third-order valence-electron chi connectivity index (χ3n) is 6.12. The lowest BCUT2D eigenvalue weighted by molar-refractivity contribution is -0.138. The summed E-state index contributed by atoms with van der Waals surface area (Å²) in [6.45, 7) is 10.7. The van der Waals surface area contributed by atoms with E-state index in [9.17, 15) is 4.79 Å². The van der Waals surface area contributed by atoms with Crippen molar-refractivity contribution in [2.45, 2.75) is 19.8 Å². The van der Waals surface area contributed by atoms with Crippen LogP contribution in [0.5, 0.6) is 0 Å². The molecule has 4 heterocycles. The number of hydrogen-bond acceptors (Lipinski definition) is 7. The van der Waals surface area contributed by atoms with E-state index < -0.39 is 0 Å². The van der Waals surface area contributed by atoms with Gasteiger partial charge < -0.3 is 24.3 Å². The van der Waals surface area contributed by atoms with Gasteiger partial charge in [-0.3, -0.25) is 4.79 Å². The summed E-state index contributed by atoms with van der Waals surface area (Å²) in [7, 11) is 2.16. The van der Waals surface area contributed by atoms with Crippen LogP contribution in [0.2, 0.25) is 0 Å². The molecule has 8 nitrogen and oxygen atoms in total. The second-order valence-electron chi connectivity index (χ2n) is 8.12. The van der Waals surface area contributed by atoms with Gasteiger partial charge in [-0.05, 0) is 26.8 Å². The molecule has 0 N–H and O–H groups in total. The molecule has 0 saturated carbocycles. The first-order valence-electron chi connectivity index (χ1n) is 10.5. The Kier molecular flexibility index (Phi) is 5.96. The summed E-state index contributed by atoms with van der Waals surface area (Å²) in [5, 5.41) is 0. The number of ether oxygens (including phenoxy) is 1. The Bertz CT molecular complexity index is 677. The maximum atomic E-state index is 12.8. The smallest absolute Gasteiger partial charge is 0.225 e. The molecule has 0 spiro atoms. The van der Waals surface area contributed by atoms with Gasteiger partial charge in [0.05, 0.1) is 0 Å². The fraction of sp³-hybridized carbons (Fsp3) is 0.750. The molecule has 28 heavy (non-hydrogen) atoms. The van der Waals surface area contributed by atoms with Gasteiger partial charge in [0, 0.05) is 77.6 Å². The van der Waals surface area contributed by atoms with Crippen molar-refractivity contribution in [2.24, 2.45) is 5.92 Å². The first-order valence-corrected chi connectivity index (χ1v) is 10.5. The van der Waals surface area contributed by atoms with E-state index in [2.05, 4.69) is 37.8 Å². The zero-order chi connectivity index (χ0) is 19.5. The molecule has 0 unspecified atom stereocenters. The van der Waals surface area contributed by atoms with Gasteiger partial charge in [-0.2, -0.15) is 0 Å². The first kappa shape index (κ1) is 19.4. The summed E-state index contributed by atoms with van der Waals surface area (Å²) in [6, 6.07) is 2.12. The molecular formula is C20H32N6O2. The van der Waals surface area contributed by atoms with Crippen LogP contribution in [0.3, 0.4) is 0 Å². The highest BCUT2D eigenvalue weighted by molar-refractivity contribution is 5.79. The summed E-state index contributed by atoms with van der Waals surface area (Å²) < 4.78 is 5.39. The second kappa shape index (κ2) is 8.61. The number of anilines is 2. The van der Waals surface area contributed by atoms with Crippen molar-refractivity contribution in [1.29, 1.82) is 0 Å². The molecule has 0 radical (unpaired) electrons. The number of nitrogens with zero attached hydrogens (tertiary/aromatic N) is 6. The Morgan fingerprint density at radius 3 is 2.04 bits per heavy atom. The molecule has 0 bridgehead atoms. The zero-order valence-corrected chi connectivity index (χ0v) is 17.1. The third-order valence-corrected chi connectivity index (χ3v) is 6.12. The van der Waals surface area contributed by atoms with E-state index in [1.165, 1.54) is 0 Å². The van der Waals surface area contributed by atoms with Crippen LogP contribution in [0.4, 0.5) is 11.6 Å². The molecule has 3 saturated heterocycles. The number of amides is 1. The highest BCUT2D eigenvalue weighted by Crippen LogP contribution is 2.23. The van der Waals surface area contributed by atoms with Crippen molar-refractivity contribution in [1.82, 2.24) is 19.8 Å². The molecule has 4 rings (SSSR count). The molecule has 3 aliphatic rings. The molecular weight excluding hydrogens is 356 g/mol. The van der Waals surface area contributed by atoms with E-state index >= 15 is 0 Å². The Morgan fingerprint density at radius 1 is 0.929 bits per heavy atom. The molecule has 1 aromatic heterocycles. The van der Waals surface area contributed by atoms with Gasteiger partial charge in [-0.1, -0.05) is 0 Å². The molecule has 3 fully saturated rings. The monoisotopic (exact) mass is 388 g/mol. The van der Waals surface area contributed by atoms with E-state index in [1.54, 1.807) is 0 Å². The molecule has 8 heteroatoms. The van der Waals surface area contributed by atoms with Gasteiger partial charge in [-0.15, -0.1) is 0 Å². The van der Waals surface area contributed by atoms with Gasteiger partial charge in [0.25, 0.3) is 0 Å². The van der Waals surface area contributed by atoms with Crippen LogP contribution in [0.25, 0.3) is 0 Å². The highest BCUT2D eigenvalue weighted by Gasteiger charge is 2.29. The standard InChI is InChI=1S/C20H32N6O2/c1-16-21-18(24-7-5-23(2)6-8-24)15-19(22-16)25-9-11-26(12-10-25)20(27)17-3-13-28-14-4-17/h15,17H,3-14H2,1-2H3. The molecule has 1 aromatic rings. The normalized spacial score (nSPS) is 22.6. The van der Waals surface area contributed by atoms with Gasteiger partial charge >= 0.3 is 0 Å². The summed E-state index contributed by atoms with van der Waals surface area (Å²) in [5.41, 5.74) is 0. The van der Waals surface area contributed by atoms with Crippen LogP contribution in [0, 0.1) is 12.8 Å². The van der Waals surface area contributed by atoms with Crippen LogP contribution < -0.4 is 9.80 Å². The predicted molar refractivity (Wildman–Crippen MR) is 109 cm³/mol. The van der Waals surface area contributed by atoms with E-state index in [1.807, 2.05) is 11.8 Å². The van der Waals surface area contributed by atoms with E-state index in [4.69, 9.17) is 4.74 Å². The Labute approximate surface area is 167 Å². The maximum Gasteiger partial charge on any atom is 0.225 e. The van der Waals surface area contributed by atoms with Crippen molar-refractivity contribution in [3.63, 3.8) is 0 Å². The van der Waals surface area contributed by atoms with E-state index in [0.29, 0.717) is 19.1 Å². The number of aromatic nitrogens is 2. The molecule has 1 amide bonds. The van der Waals surface area contributed by atoms with Crippen molar-refractivity contribution < 1.29 is 9.53 Å². The minimum atomic E-state index is 0.144.